The minimum atomic E-state index is 0.711. The van der Waals surface area contributed by atoms with Gasteiger partial charge in [-0.2, -0.15) is 4.68 Å². The molecule has 2 heterocycles. The van der Waals surface area contributed by atoms with Crippen LogP contribution in [0.25, 0.3) is 5.69 Å². The second-order valence-corrected chi connectivity index (χ2v) is 5.50. The highest BCUT2D eigenvalue weighted by atomic mass is 35.5. The molecule has 2 aromatic rings. The molecule has 1 aliphatic heterocycles. The average molecular weight is 293 g/mol. The summed E-state index contributed by atoms with van der Waals surface area (Å²) >= 11 is 5.91. The molecule has 0 unspecified atom stereocenters. The molecular weight excluding hydrogens is 276 g/mol. The van der Waals surface area contributed by atoms with Gasteiger partial charge >= 0.3 is 0 Å². The number of benzene rings is 1. The van der Waals surface area contributed by atoms with Gasteiger partial charge in [0.05, 0.1) is 12.2 Å². The first-order valence-electron chi connectivity index (χ1n) is 6.66. The molecule has 1 fully saturated rings. The maximum absolute atomic E-state index is 5.91. The molecule has 0 N–H and O–H groups in total. The van der Waals surface area contributed by atoms with Gasteiger partial charge in [0, 0.05) is 31.2 Å². The van der Waals surface area contributed by atoms with Gasteiger partial charge in [-0.15, -0.1) is 5.10 Å². The molecule has 0 saturated carbocycles. The van der Waals surface area contributed by atoms with E-state index in [0.717, 1.165) is 44.2 Å². The second kappa shape index (κ2) is 5.87. The molecule has 0 radical (unpaired) electrons. The number of hydrogen-bond acceptors (Lipinski definition) is 5. The van der Waals surface area contributed by atoms with Gasteiger partial charge in [0.1, 0.15) is 0 Å². The fraction of sp³-hybridized carbons (Fsp3) is 0.462. The zero-order valence-electron chi connectivity index (χ0n) is 11.4. The number of likely N-dealkylation sites (N-methyl/N-ethyl adjacent to an activating group) is 1. The van der Waals surface area contributed by atoms with Gasteiger partial charge in [0.2, 0.25) is 0 Å². The monoisotopic (exact) mass is 292 g/mol. The van der Waals surface area contributed by atoms with Crippen LogP contribution in [0.2, 0.25) is 5.02 Å². The zero-order chi connectivity index (χ0) is 13.9. The van der Waals surface area contributed by atoms with Gasteiger partial charge in [-0.3, -0.25) is 4.90 Å². The molecule has 6 nitrogen and oxygen atoms in total. The van der Waals surface area contributed by atoms with Gasteiger partial charge in [0.15, 0.2) is 5.82 Å². The Morgan fingerprint density at radius 3 is 2.50 bits per heavy atom. The lowest BCUT2D eigenvalue weighted by atomic mass is 10.3. The number of rotatable bonds is 3. The van der Waals surface area contributed by atoms with E-state index in [9.17, 15) is 0 Å². The lowest BCUT2D eigenvalue weighted by molar-refractivity contribution is 0.144. The number of halogens is 1. The van der Waals surface area contributed by atoms with E-state index in [1.54, 1.807) is 4.68 Å². The standard InChI is InChI=1S/C13H17ClN6/c1-18-6-8-19(9-7-18)10-13-15-16-17-20(13)12-4-2-11(14)3-5-12/h2-5H,6-10H2,1H3. The lowest BCUT2D eigenvalue weighted by Gasteiger charge is -2.31. The molecular formula is C13H17ClN6. The van der Waals surface area contributed by atoms with Crippen LogP contribution in [-0.4, -0.2) is 63.2 Å². The number of piperazine rings is 1. The van der Waals surface area contributed by atoms with E-state index in [0.29, 0.717) is 5.02 Å². The number of nitrogens with zero attached hydrogens (tertiary/aromatic N) is 6. The number of hydrogen-bond donors (Lipinski definition) is 0. The minimum Gasteiger partial charge on any atom is -0.304 e. The molecule has 1 aromatic carbocycles. The molecule has 20 heavy (non-hydrogen) atoms. The molecule has 0 aliphatic carbocycles. The summed E-state index contributed by atoms with van der Waals surface area (Å²) in [6, 6.07) is 7.54. The van der Waals surface area contributed by atoms with Crippen molar-refractivity contribution in [2.24, 2.45) is 0 Å². The van der Waals surface area contributed by atoms with Gasteiger partial charge in [-0.1, -0.05) is 11.6 Å². The Kier molecular flexibility index (Phi) is 3.95. The van der Waals surface area contributed by atoms with Crippen LogP contribution >= 0.6 is 11.6 Å². The predicted molar refractivity (Wildman–Crippen MR) is 76.9 cm³/mol. The van der Waals surface area contributed by atoms with Crippen molar-refractivity contribution >= 4 is 11.6 Å². The van der Waals surface area contributed by atoms with Crippen LogP contribution in [-0.2, 0) is 6.54 Å². The minimum absolute atomic E-state index is 0.711. The average Bonchev–Trinajstić information content (AvgIpc) is 2.90. The Labute approximate surface area is 122 Å². The SMILES string of the molecule is CN1CCN(Cc2nnnn2-c2ccc(Cl)cc2)CC1. The molecule has 0 bridgehead atoms. The van der Waals surface area contributed by atoms with E-state index >= 15 is 0 Å². The highest BCUT2D eigenvalue weighted by molar-refractivity contribution is 6.30. The molecule has 7 heteroatoms. The quantitative estimate of drug-likeness (QED) is 0.847. The molecule has 3 rings (SSSR count). The number of tetrazole rings is 1. The highest BCUT2D eigenvalue weighted by Gasteiger charge is 2.17. The van der Waals surface area contributed by atoms with Crippen LogP contribution in [0, 0.1) is 0 Å². The van der Waals surface area contributed by atoms with Gasteiger partial charge in [-0.05, 0) is 41.7 Å². The van der Waals surface area contributed by atoms with Gasteiger partial charge in [-0.25, -0.2) is 0 Å². The summed E-state index contributed by atoms with van der Waals surface area (Å²) in [6.45, 7) is 5.03. The normalized spacial score (nSPS) is 17.5. The Bertz CT molecular complexity index is 558. The fourth-order valence-electron chi connectivity index (χ4n) is 2.29. The maximum atomic E-state index is 5.91. The summed E-state index contributed by atoms with van der Waals surface area (Å²) in [6.07, 6.45) is 0. The molecule has 1 aliphatic rings. The largest absolute Gasteiger partial charge is 0.304 e. The summed E-state index contributed by atoms with van der Waals surface area (Å²) in [5.74, 6) is 0.858. The van der Waals surface area contributed by atoms with Crippen LogP contribution in [0.4, 0.5) is 0 Å². The Hall–Kier alpha value is -1.50. The highest BCUT2D eigenvalue weighted by Crippen LogP contribution is 2.14. The smallest absolute Gasteiger partial charge is 0.170 e. The fourth-order valence-corrected chi connectivity index (χ4v) is 2.42. The third-order valence-corrected chi connectivity index (χ3v) is 3.82. The van der Waals surface area contributed by atoms with Crippen LogP contribution in [0.5, 0.6) is 0 Å². The van der Waals surface area contributed by atoms with E-state index in [-0.39, 0.29) is 0 Å². The maximum Gasteiger partial charge on any atom is 0.170 e. The van der Waals surface area contributed by atoms with Crippen LogP contribution < -0.4 is 0 Å². The van der Waals surface area contributed by atoms with E-state index < -0.39 is 0 Å². The van der Waals surface area contributed by atoms with E-state index in [4.69, 9.17) is 11.6 Å². The van der Waals surface area contributed by atoms with Gasteiger partial charge < -0.3 is 4.90 Å². The first-order chi connectivity index (χ1) is 9.72. The Morgan fingerprint density at radius 1 is 1.10 bits per heavy atom. The third-order valence-electron chi connectivity index (χ3n) is 3.57. The molecule has 106 valence electrons. The Balaban J connectivity index is 1.75. The summed E-state index contributed by atoms with van der Waals surface area (Å²) < 4.78 is 1.77. The first-order valence-corrected chi connectivity index (χ1v) is 7.04. The lowest BCUT2D eigenvalue weighted by Crippen LogP contribution is -2.44. The molecule has 1 saturated heterocycles. The van der Waals surface area contributed by atoms with Crippen molar-refractivity contribution in [1.82, 2.24) is 30.0 Å². The summed E-state index contributed by atoms with van der Waals surface area (Å²) in [4.78, 5) is 4.71. The summed E-state index contributed by atoms with van der Waals surface area (Å²) in [5.41, 5.74) is 0.934. The van der Waals surface area contributed by atoms with Crippen molar-refractivity contribution < 1.29 is 0 Å². The summed E-state index contributed by atoms with van der Waals surface area (Å²) in [5, 5.41) is 12.7. The second-order valence-electron chi connectivity index (χ2n) is 5.06. The summed E-state index contributed by atoms with van der Waals surface area (Å²) in [7, 11) is 2.15. The van der Waals surface area contributed by atoms with E-state index in [1.165, 1.54) is 0 Å². The van der Waals surface area contributed by atoms with Crippen molar-refractivity contribution in [1.29, 1.82) is 0 Å². The zero-order valence-corrected chi connectivity index (χ0v) is 12.2. The topological polar surface area (TPSA) is 50.1 Å². The van der Waals surface area contributed by atoms with Gasteiger partial charge in [0.25, 0.3) is 0 Å². The first kappa shape index (κ1) is 13.5. The Morgan fingerprint density at radius 2 is 1.80 bits per heavy atom. The van der Waals surface area contributed by atoms with Crippen molar-refractivity contribution in [2.45, 2.75) is 6.54 Å². The molecule has 0 amide bonds. The van der Waals surface area contributed by atoms with E-state index in [2.05, 4.69) is 32.4 Å². The molecule has 1 aromatic heterocycles. The van der Waals surface area contributed by atoms with Crippen LogP contribution in [0.1, 0.15) is 5.82 Å². The number of aromatic nitrogens is 4. The van der Waals surface area contributed by atoms with Crippen LogP contribution in [0.15, 0.2) is 24.3 Å². The third kappa shape index (κ3) is 2.98. The van der Waals surface area contributed by atoms with Crippen molar-refractivity contribution in [3.8, 4) is 5.69 Å². The van der Waals surface area contributed by atoms with Crippen molar-refractivity contribution in [2.75, 3.05) is 33.2 Å². The predicted octanol–water partition coefficient (Wildman–Crippen LogP) is 1.06. The van der Waals surface area contributed by atoms with E-state index in [1.807, 2.05) is 24.3 Å². The van der Waals surface area contributed by atoms with Crippen LogP contribution in [0.3, 0.4) is 0 Å². The van der Waals surface area contributed by atoms with Crippen molar-refractivity contribution in [3.63, 3.8) is 0 Å². The molecule has 0 atom stereocenters. The van der Waals surface area contributed by atoms with Crippen molar-refractivity contribution in [3.05, 3.63) is 35.1 Å². The molecule has 0 spiro atoms.